The molecule has 3 N–H and O–H groups in total. The second-order valence-electron chi connectivity index (χ2n) is 4.88. The van der Waals surface area contributed by atoms with E-state index in [1.54, 1.807) is 6.07 Å². The van der Waals surface area contributed by atoms with Crippen molar-refractivity contribution >= 4 is 17.4 Å². The molecule has 1 aromatic carbocycles. The monoisotopic (exact) mass is 300 g/mol. The van der Waals surface area contributed by atoms with Gasteiger partial charge in [-0.1, -0.05) is 16.8 Å². The SMILES string of the molecule is N/C(CN1CCN(Cc2cc(F)ccc2Cl)CC1)=N/O. The van der Waals surface area contributed by atoms with Crippen molar-refractivity contribution in [2.45, 2.75) is 6.54 Å². The summed E-state index contributed by atoms with van der Waals surface area (Å²) in [5.41, 5.74) is 6.29. The predicted octanol–water partition coefficient (Wildman–Crippen LogP) is 1.34. The van der Waals surface area contributed by atoms with Gasteiger partial charge < -0.3 is 10.9 Å². The number of hydrogen-bond acceptors (Lipinski definition) is 4. The molecule has 1 aliphatic heterocycles. The number of hydrogen-bond donors (Lipinski definition) is 2. The molecule has 0 atom stereocenters. The smallest absolute Gasteiger partial charge is 0.153 e. The highest BCUT2D eigenvalue weighted by molar-refractivity contribution is 6.31. The molecule has 1 aromatic rings. The van der Waals surface area contributed by atoms with E-state index < -0.39 is 0 Å². The molecule has 0 spiro atoms. The van der Waals surface area contributed by atoms with E-state index in [-0.39, 0.29) is 11.7 Å². The highest BCUT2D eigenvalue weighted by atomic mass is 35.5. The third kappa shape index (κ3) is 4.06. The number of nitrogens with two attached hydrogens (primary N) is 1. The number of piperazine rings is 1. The predicted molar refractivity (Wildman–Crippen MR) is 76.5 cm³/mol. The molecule has 0 saturated carbocycles. The van der Waals surface area contributed by atoms with Crippen molar-refractivity contribution in [2.24, 2.45) is 10.9 Å². The van der Waals surface area contributed by atoms with Crippen LogP contribution in [0.25, 0.3) is 0 Å². The van der Waals surface area contributed by atoms with Crippen LogP contribution in [0.3, 0.4) is 0 Å². The quantitative estimate of drug-likeness (QED) is 0.381. The van der Waals surface area contributed by atoms with Crippen molar-refractivity contribution in [1.82, 2.24) is 9.80 Å². The summed E-state index contributed by atoms with van der Waals surface area (Å²) >= 11 is 6.07. The minimum Gasteiger partial charge on any atom is -0.409 e. The molecule has 5 nitrogen and oxygen atoms in total. The van der Waals surface area contributed by atoms with Gasteiger partial charge in [0.25, 0.3) is 0 Å². The van der Waals surface area contributed by atoms with Crippen LogP contribution in [0.15, 0.2) is 23.4 Å². The Balaban J connectivity index is 1.87. The first-order chi connectivity index (χ1) is 9.58. The highest BCUT2D eigenvalue weighted by Gasteiger charge is 2.18. The van der Waals surface area contributed by atoms with E-state index in [0.717, 1.165) is 31.7 Å². The van der Waals surface area contributed by atoms with Crippen LogP contribution in [-0.2, 0) is 6.54 Å². The van der Waals surface area contributed by atoms with Gasteiger partial charge in [0.1, 0.15) is 5.82 Å². The molecule has 0 aromatic heterocycles. The van der Waals surface area contributed by atoms with Gasteiger partial charge in [0.2, 0.25) is 0 Å². The van der Waals surface area contributed by atoms with Gasteiger partial charge in [0.05, 0.1) is 6.54 Å². The molecule has 0 amide bonds. The third-order valence-corrected chi connectivity index (χ3v) is 3.75. The normalized spacial score (nSPS) is 18.4. The fourth-order valence-corrected chi connectivity index (χ4v) is 2.45. The summed E-state index contributed by atoms with van der Waals surface area (Å²) in [6, 6.07) is 4.42. The maximum absolute atomic E-state index is 13.2. The van der Waals surface area contributed by atoms with E-state index in [9.17, 15) is 4.39 Å². The molecule has 1 aliphatic rings. The van der Waals surface area contributed by atoms with Crippen LogP contribution in [-0.4, -0.2) is 53.6 Å². The zero-order chi connectivity index (χ0) is 14.5. The van der Waals surface area contributed by atoms with E-state index in [2.05, 4.69) is 15.0 Å². The van der Waals surface area contributed by atoms with Crippen LogP contribution in [0.4, 0.5) is 4.39 Å². The minimum absolute atomic E-state index is 0.214. The lowest BCUT2D eigenvalue weighted by Crippen LogP contribution is -2.48. The Hall–Kier alpha value is -1.37. The topological polar surface area (TPSA) is 65.1 Å². The summed E-state index contributed by atoms with van der Waals surface area (Å²) in [5, 5.41) is 12.1. The number of benzene rings is 1. The zero-order valence-corrected chi connectivity index (χ0v) is 11.9. The first-order valence-electron chi connectivity index (χ1n) is 6.43. The average Bonchev–Trinajstić information content (AvgIpc) is 2.45. The summed E-state index contributed by atoms with van der Waals surface area (Å²) in [5.74, 6) is -0.0541. The van der Waals surface area contributed by atoms with Gasteiger partial charge in [0, 0.05) is 37.7 Å². The summed E-state index contributed by atoms with van der Waals surface area (Å²) in [7, 11) is 0. The number of rotatable bonds is 4. The molecule has 0 radical (unpaired) electrons. The van der Waals surface area contributed by atoms with Crippen molar-refractivity contribution in [3.05, 3.63) is 34.6 Å². The Kier molecular flexibility index (Phi) is 5.17. The maximum atomic E-state index is 13.2. The number of nitrogens with zero attached hydrogens (tertiary/aromatic N) is 3. The fourth-order valence-electron chi connectivity index (χ4n) is 2.27. The lowest BCUT2D eigenvalue weighted by molar-refractivity contribution is 0.139. The molecular weight excluding hydrogens is 283 g/mol. The molecule has 1 heterocycles. The van der Waals surface area contributed by atoms with Crippen molar-refractivity contribution < 1.29 is 9.60 Å². The van der Waals surface area contributed by atoms with Crippen LogP contribution in [0.2, 0.25) is 5.02 Å². The highest BCUT2D eigenvalue weighted by Crippen LogP contribution is 2.19. The average molecular weight is 301 g/mol. The molecule has 7 heteroatoms. The van der Waals surface area contributed by atoms with Crippen LogP contribution in [0.5, 0.6) is 0 Å². The second kappa shape index (κ2) is 6.88. The van der Waals surface area contributed by atoms with E-state index in [1.165, 1.54) is 12.1 Å². The molecule has 2 rings (SSSR count). The van der Waals surface area contributed by atoms with Crippen molar-refractivity contribution in [2.75, 3.05) is 32.7 Å². The molecule has 0 aliphatic carbocycles. The molecular formula is C13H18ClFN4O. The van der Waals surface area contributed by atoms with E-state index in [0.29, 0.717) is 18.1 Å². The van der Waals surface area contributed by atoms with Crippen LogP contribution >= 0.6 is 11.6 Å². The molecule has 0 bridgehead atoms. The van der Waals surface area contributed by atoms with Crippen LogP contribution in [0, 0.1) is 5.82 Å². The Morgan fingerprint density at radius 2 is 1.95 bits per heavy atom. The number of amidine groups is 1. The van der Waals surface area contributed by atoms with E-state index in [1.807, 2.05) is 0 Å². The van der Waals surface area contributed by atoms with Gasteiger partial charge in [-0.05, 0) is 23.8 Å². The van der Waals surface area contributed by atoms with Gasteiger partial charge in [-0.25, -0.2) is 4.39 Å². The fraction of sp³-hybridized carbons (Fsp3) is 0.462. The van der Waals surface area contributed by atoms with E-state index >= 15 is 0 Å². The van der Waals surface area contributed by atoms with Gasteiger partial charge in [-0.3, -0.25) is 9.80 Å². The van der Waals surface area contributed by atoms with Crippen LogP contribution < -0.4 is 5.73 Å². The van der Waals surface area contributed by atoms with Crippen LogP contribution in [0.1, 0.15) is 5.56 Å². The van der Waals surface area contributed by atoms with Gasteiger partial charge in [-0.15, -0.1) is 0 Å². The molecule has 1 saturated heterocycles. The van der Waals surface area contributed by atoms with Gasteiger partial charge >= 0.3 is 0 Å². The molecule has 1 fully saturated rings. The minimum atomic E-state index is -0.269. The van der Waals surface area contributed by atoms with Gasteiger partial charge in [-0.2, -0.15) is 0 Å². The second-order valence-corrected chi connectivity index (χ2v) is 5.29. The third-order valence-electron chi connectivity index (χ3n) is 3.38. The lowest BCUT2D eigenvalue weighted by atomic mass is 10.2. The number of halogens is 2. The Bertz CT molecular complexity index is 489. The zero-order valence-electron chi connectivity index (χ0n) is 11.1. The largest absolute Gasteiger partial charge is 0.409 e. The standard InChI is InChI=1S/C13H18ClFN4O/c14-12-2-1-11(15)7-10(12)8-18-3-5-19(6-4-18)9-13(16)17-20/h1-2,7,20H,3-6,8-9H2,(H2,16,17). The summed E-state index contributed by atoms with van der Waals surface area (Å²) in [6.45, 7) is 4.42. The van der Waals surface area contributed by atoms with Gasteiger partial charge in [0.15, 0.2) is 5.84 Å². The molecule has 0 unspecified atom stereocenters. The summed E-state index contributed by atoms with van der Waals surface area (Å²) < 4.78 is 13.2. The molecule has 110 valence electrons. The lowest BCUT2D eigenvalue weighted by Gasteiger charge is -2.34. The Labute approximate surface area is 122 Å². The first-order valence-corrected chi connectivity index (χ1v) is 6.81. The van der Waals surface area contributed by atoms with E-state index in [4.69, 9.17) is 22.5 Å². The summed E-state index contributed by atoms with van der Waals surface area (Å²) in [4.78, 5) is 4.32. The maximum Gasteiger partial charge on any atom is 0.153 e. The van der Waals surface area contributed by atoms with Crippen molar-refractivity contribution in [3.63, 3.8) is 0 Å². The molecule has 20 heavy (non-hydrogen) atoms. The number of oxime groups is 1. The van der Waals surface area contributed by atoms with Crippen molar-refractivity contribution in [1.29, 1.82) is 0 Å². The summed E-state index contributed by atoms with van der Waals surface area (Å²) in [6.07, 6.45) is 0. The Morgan fingerprint density at radius 3 is 2.60 bits per heavy atom. The van der Waals surface area contributed by atoms with Crippen molar-refractivity contribution in [3.8, 4) is 0 Å². The first kappa shape index (κ1) is 15.0. The Morgan fingerprint density at radius 1 is 1.30 bits per heavy atom.